The van der Waals surface area contributed by atoms with E-state index in [0.717, 1.165) is 31.4 Å². The highest BCUT2D eigenvalue weighted by molar-refractivity contribution is 5.92. The Kier molecular flexibility index (Phi) is 7.51. The molecule has 0 N–H and O–H groups in total. The SMILES string of the molecule is CN(C)C(=O)CCCCCCC(=O)N(C)c1ccccc1. The molecule has 1 aromatic carbocycles. The predicted molar refractivity (Wildman–Crippen MR) is 86.2 cm³/mol. The largest absolute Gasteiger partial charge is 0.349 e. The molecule has 0 aliphatic heterocycles. The van der Waals surface area contributed by atoms with Crippen LogP contribution in [0.3, 0.4) is 0 Å². The fourth-order valence-electron chi connectivity index (χ4n) is 2.09. The summed E-state index contributed by atoms with van der Waals surface area (Å²) >= 11 is 0. The van der Waals surface area contributed by atoms with Gasteiger partial charge in [0, 0.05) is 39.7 Å². The molecule has 4 heteroatoms. The maximum Gasteiger partial charge on any atom is 0.226 e. The summed E-state index contributed by atoms with van der Waals surface area (Å²) in [7, 11) is 5.37. The normalized spacial score (nSPS) is 10.2. The van der Waals surface area contributed by atoms with Crippen LogP contribution < -0.4 is 4.90 Å². The van der Waals surface area contributed by atoms with E-state index in [-0.39, 0.29) is 11.8 Å². The van der Waals surface area contributed by atoms with Crippen LogP contribution in [0.5, 0.6) is 0 Å². The third kappa shape index (κ3) is 6.43. The molecular formula is C17H26N2O2. The molecule has 0 saturated carbocycles. The molecule has 0 bridgehead atoms. The Morgan fingerprint density at radius 1 is 0.810 bits per heavy atom. The Balaban J connectivity index is 2.15. The van der Waals surface area contributed by atoms with Crippen LogP contribution in [-0.2, 0) is 9.59 Å². The Morgan fingerprint density at radius 3 is 1.86 bits per heavy atom. The summed E-state index contributed by atoms with van der Waals surface area (Å²) < 4.78 is 0. The topological polar surface area (TPSA) is 40.6 Å². The molecule has 116 valence electrons. The van der Waals surface area contributed by atoms with Crippen molar-refractivity contribution in [3.8, 4) is 0 Å². The number of nitrogens with zero attached hydrogens (tertiary/aromatic N) is 2. The predicted octanol–water partition coefficient (Wildman–Crippen LogP) is 3.08. The van der Waals surface area contributed by atoms with E-state index in [1.807, 2.05) is 37.4 Å². The van der Waals surface area contributed by atoms with E-state index in [1.165, 1.54) is 0 Å². The molecular weight excluding hydrogens is 264 g/mol. The number of rotatable bonds is 8. The number of benzene rings is 1. The van der Waals surface area contributed by atoms with Crippen LogP contribution in [0.25, 0.3) is 0 Å². The Hall–Kier alpha value is -1.84. The fourth-order valence-corrected chi connectivity index (χ4v) is 2.09. The molecule has 0 aliphatic rings. The molecule has 0 radical (unpaired) electrons. The quantitative estimate of drug-likeness (QED) is 0.690. The van der Waals surface area contributed by atoms with Gasteiger partial charge in [0.1, 0.15) is 0 Å². The van der Waals surface area contributed by atoms with E-state index in [0.29, 0.717) is 12.8 Å². The zero-order valence-corrected chi connectivity index (χ0v) is 13.3. The molecule has 0 heterocycles. The number of amides is 2. The van der Waals surface area contributed by atoms with Gasteiger partial charge < -0.3 is 9.80 Å². The first kappa shape index (κ1) is 17.2. The molecule has 0 aliphatic carbocycles. The number of carbonyl (C=O) groups excluding carboxylic acids is 2. The summed E-state index contributed by atoms with van der Waals surface area (Å²) in [5.74, 6) is 0.320. The van der Waals surface area contributed by atoms with Gasteiger partial charge in [-0.2, -0.15) is 0 Å². The van der Waals surface area contributed by atoms with Crippen LogP contribution in [-0.4, -0.2) is 37.9 Å². The zero-order valence-electron chi connectivity index (χ0n) is 13.3. The van der Waals surface area contributed by atoms with Crippen LogP contribution in [0, 0.1) is 0 Å². The van der Waals surface area contributed by atoms with Gasteiger partial charge in [-0.25, -0.2) is 0 Å². The van der Waals surface area contributed by atoms with Crippen molar-refractivity contribution in [3.63, 3.8) is 0 Å². The maximum absolute atomic E-state index is 12.0. The molecule has 0 fully saturated rings. The van der Waals surface area contributed by atoms with Gasteiger partial charge in [-0.1, -0.05) is 31.0 Å². The first-order valence-corrected chi connectivity index (χ1v) is 7.54. The molecule has 4 nitrogen and oxygen atoms in total. The Bertz CT molecular complexity index is 443. The fraction of sp³-hybridized carbons (Fsp3) is 0.529. The third-order valence-electron chi connectivity index (χ3n) is 3.55. The van der Waals surface area contributed by atoms with Gasteiger partial charge in [-0.15, -0.1) is 0 Å². The highest BCUT2D eigenvalue weighted by Crippen LogP contribution is 2.14. The number of hydrogen-bond donors (Lipinski definition) is 0. The molecule has 0 spiro atoms. The van der Waals surface area contributed by atoms with Crippen LogP contribution in [0.4, 0.5) is 5.69 Å². The van der Waals surface area contributed by atoms with Crippen molar-refractivity contribution in [2.75, 3.05) is 26.0 Å². The van der Waals surface area contributed by atoms with Gasteiger partial charge in [-0.05, 0) is 25.0 Å². The van der Waals surface area contributed by atoms with E-state index in [2.05, 4.69) is 0 Å². The molecule has 2 amide bonds. The van der Waals surface area contributed by atoms with Crippen molar-refractivity contribution in [2.45, 2.75) is 38.5 Å². The summed E-state index contributed by atoms with van der Waals surface area (Å²) in [6, 6.07) is 9.67. The zero-order chi connectivity index (χ0) is 15.7. The highest BCUT2D eigenvalue weighted by Gasteiger charge is 2.10. The van der Waals surface area contributed by atoms with E-state index >= 15 is 0 Å². The Morgan fingerprint density at radius 2 is 1.33 bits per heavy atom. The second-order valence-corrected chi connectivity index (χ2v) is 5.49. The van der Waals surface area contributed by atoms with Crippen LogP contribution in [0.15, 0.2) is 30.3 Å². The summed E-state index contributed by atoms with van der Waals surface area (Å²) in [5, 5.41) is 0. The van der Waals surface area contributed by atoms with Gasteiger partial charge in [0.05, 0.1) is 0 Å². The second kappa shape index (κ2) is 9.16. The lowest BCUT2D eigenvalue weighted by Gasteiger charge is -2.17. The van der Waals surface area contributed by atoms with E-state index in [4.69, 9.17) is 0 Å². The van der Waals surface area contributed by atoms with Crippen molar-refractivity contribution in [1.29, 1.82) is 0 Å². The first-order chi connectivity index (χ1) is 10.0. The second-order valence-electron chi connectivity index (χ2n) is 5.49. The summed E-state index contributed by atoms with van der Waals surface area (Å²) in [4.78, 5) is 26.8. The van der Waals surface area contributed by atoms with Crippen LogP contribution >= 0.6 is 0 Å². The minimum atomic E-state index is 0.144. The van der Waals surface area contributed by atoms with Crippen LogP contribution in [0.1, 0.15) is 38.5 Å². The first-order valence-electron chi connectivity index (χ1n) is 7.54. The molecule has 1 rings (SSSR count). The Labute approximate surface area is 127 Å². The van der Waals surface area contributed by atoms with Crippen molar-refractivity contribution in [1.82, 2.24) is 4.90 Å². The average Bonchev–Trinajstić information content (AvgIpc) is 2.50. The van der Waals surface area contributed by atoms with E-state index in [9.17, 15) is 9.59 Å². The lowest BCUT2D eigenvalue weighted by atomic mass is 10.1. The van der Waals surface area contributed by atoms with Gasteiger partial charge >= 0.3 is 0 Å². The maximum atomic E-state index is 12.0. The lowest BCUT2D eigenvalue weighted by molar-refractivity contribution is -0.128. The summed E-state index contributed by atoms with van der Waals surface area (Å²) in [5.41, 5.74) is 0.930. The van der Waals surface area contributed by atoms with Gasteiger partial charge in [0.25, 0.3) is 0 Å². The molecule has 1 aromatic rings. The lowest BCUT2D eigenvalue weighted by Crippen LogP contribution is -2.25. The third-order valence-corrected chi connectivity index (χ3v) is 3.55. The summed E-state index contributed by atoms with van der Waals surface area (Å²) in [6.45, 7) is 0. The number of carbonyl (C=O) groups is 2. The van der Waals surface area contributed by atoms with Crippen LogP contribution in [0.2, 0.25) is 0 Å². The molecule has 0 unspecified atom stereocenters. The standard InChI is InChI=1S/C17H26N2O2/c1-18(2)16(20)13-9-4-5-10-14-17(21)19(3)15-11-7-6-8-12-15/h6-8,11-12H,4-5,9-10,13-14H2,1-3H3. The number of anilines is 1. The van der Waals surface area contributed by atoms with Gasteiger partial charge in [-0.3, -0.25) is 9.59 Å². The molecule has 21 heavy (non-hydrogen) atoms. The van der Waals surface area contributed by atoms with Crippen molar-refractivity contribution >= 4 is 17.5 Å². The van der Waals surface area contributed by atoms with Gasteiger partial charge in [0.2, 0.25) is 11.8 Å². The number of unbranched alkanes of at least 4 members (excludes halogenated alkanes) is 3. The monoisotopic (exact) mass is 290 g/mol. The number of para-hydroxylation sites is 1. The molecule has 0 saturated heterocycles. The highest BCUT2D eigenvalue weighted by atomic mass is 16.2. The van der Waals surface area contributed by atoms with E-state index in [1.54, 1.807) is 23.9 Å². The summed E-state index contributed by atoms with van der Waals surface area (Å²) in [6.07, 6.45) is 4.95. The average molecular weight is 290 g/mol. The minimum absolute atomic E-state index is 0.144. The number of hydrogen-bond acceptors (Lipinski definition) is 2. The van der Waals surface area contributed by atoms with Crippen molar-refractivity contribution in [3.05, 3.63) is 30.3 Å². The van der Waals surface area contributed by atoms with E-state index < -0.39 is 0 Å². The minimum Gasteiger partial charge on any atom is -0.349 e. The van der Waals surface area contributed by atoms with Crippen molar-refractivity contribution < 1.29 is 9.59 Å². The van der Waals surface area contributed by atoms with Crippen molar-refractivity contribution in [2.24, 2.45) is 0 Å². The smallest absolute Gasteiger partial charge is 0.226 e. The van der Waals surface area contributed by atoms with Gasteiger partial charge in [0.15, 0.2) is 0 Å². The molecule has 0 aromatic heterocycles. The molecule has 0 atom stereocenters.